The van der Waals surface area contributed by atoms with E-state index in [2.05, 4.69) is 0 Å². The Morgan fingerprint density at radius 1 is 1.23 bits per heavy atom. The van der Waals surface area contributed by atoms with Crippen molar-refractivity contribution in [2.45, 2.75) is 37.3 Å². The van der Waals surface area contributed by atoms with Crippen molar-refractivity contribution < 1.29 is 17.9 Å². The first-order valence-corrected chi connectivity index (χ1v) is 8.83. The lowest BCUT2D eigenvalue weighted by Crippen LogP contribution is -2.10. The van der Waals surface area contributed by atoms with Crippen molar-refractivity contribution in [2.24, 2.45) is 0 Å². The van der Waals surface area contributed by atoms with E-state index in [1.54, 1.807) is 25.1 Å². The summed E-state index contributed by atoms with van der Waals surface area (Å²) >= 11 is 2.03. The number of alkyl halides is 3. The third-order valence-corrected chi connectivity index (χ3v) is 4.62. The quantitative estimate of drug-likeness (QED) is 0.339. The molecule has 0 atom stereocenters. The molecule has 0 spiro atoms. The summed E-state index contributed by atoms with van der Waals surface area (Å²) in [7, 11) is 0. The fourth-order valence-corrected chi connectivity index (χ4v) is 2.93. The molecule has 0 aliphatic carbocycles. The first-order valence-electron chi connectivity index (χ1n) is 6.86. The van der Waals surface area contributed by atoms with Crippen LogP contribution in [0.3, 0.4) is 0 Å². The van der Waals surface area contributed by atoms with Gasteiger partial charge in [0.15, 0.2) is 0 Å². The Morgan fingerprint density at radius 3 is 2.68 bits per heavy atom. The number of unbranched alkanes of at least 4 members (excludes halogenated alkanes) is 2. The van der Waals surface area contributed by atoms with Gasteiger partial charge >= 0.3 is 6.18 Å². The molecule has 7 heteroatoms. The maximum absolute atomic E-state index is 12.3. The smallest absolute Gasteiger partial charge is 0.398 e. The Balaban J connectivity index is 2.37. The number of halogens is 3. The van der Waals surface area contributed by atoms with E-state index in [1.165, 1.54) is 11.8 Å². The van der Waals surface area contributed by atoms with Crippen LogP contribution in [0.25, 0.3) is 0 Å². The van der Waals surface area contributed by atoms with E-state index in [0.29, 0.717) is 17.3 Å². The standard InChI is InChI=1S/C15H18F3NOS2/c1-12-5-6-13(9-14(12)22-10-15(16,17)18)20-7-3-2-4-8-21-11-19/h5-6,9H,2-4,7-8,10H2,1H3. The second-order valence-electron chi connectivity index (χ2n) is 4.68. The van der Waals surface area contributed by atoms with Gasteiger partial charge in [0.2, 0.25) is 0 Å². The molecule has 0 N–H and O–H groups in total. The van der Waals surface area contributed by atoms with Crippen LogP contribution in [0.2, 0.25) is 0 Å². The normalized spacial score (nSPS) is 11.2. The van der Waals surface area contributed by atoms with Crippen molar-refractivity contribution in [3.05, 3.63) is 23.8 Å². The van der Waals surface area contributed by atoms with Crippen molar-refractivity contribution in [3.8, 4) is 11.2 Å². The van der Waals surface area contributed by atoms with Gasteiger partial charge in [-0.2, -0.15) is 18.4 Å². The van der Waals surface area contributed by atoms with Crippen LogP contribution >= 0.6 is 23.5 Å². The maximum atomic E-state index is 12.3. The van der Waals surface area contributed by atoms with Crippen molar-refractivity contribution in [1.82, 2.24) is 0 Å². The number of rotatable bonds is 9. The van der Waals surface area contributed by atoms with Crippen molar-refractivity contribution in [3.63, 3.8) is 0 Å². The van der Waals surface area contributed by atoms with Gasteiger partial charge in [-0.3, -0.25) is 0 Å². The summed E-state index contributed by atoms with van der Waals surface area (Å²) in [6.07, 6.45) is -1.38. The zero-order valence-corrected chi connectivity index (χ0v) is 13.9. The number of nitriles is 1. The molecule has 0 aromatic heterocycles. The first kappa shape index (κ1) is 19.0. The summed E-state index contributed by atoms with van der Waals surface area (Å²) in [5.74, 6) is 0.522. The number of thioether (sulfide) groups is 2. The fourth-order valence-electron chi connectivity index (χ4n) is 1.67. The molecule has 0 radical (unpaired) electrons. The molecule has 0 unspecified atom stereocenters. The average molecular weight is 349 g/mol. The number of hydrogen-bond acceptors (Lipinski definition) is 4. The van der Waals surface area contributed by atoms with Crippen LogP contribution in [0.5, 0.6) is 5.75 Å². The number of benzene rings is 1. The number of thiocyanates is 1. The predicted octanol–water partition coefficient (Wildman–Crippen LogP) is 5.41. The lowest BCUT2D eigenvalue weighted by molar-refractivity contribution is -0.105. The van der Waals surface area contributed by atoms with E-state index >= 15 is 0 Å². The van der Waals surface area contributed by atoms with Crippen LogP contribution in [-0.2, 0) is 0 Å². The summed E-state index contributed by atoms with van der Waals surface area (Å²) in [5.41, 5.74) is 0.815. The highest BCUT2D eigenvalue weighted by Crippen LogP contribution is 2.31. The van der Waals surface area contributed by atoms with Gasteiger partial charge in [0, 0.05) is 10.6 Å². The van der Waals surface area contributed by atoms with Crippen LogP contribution < -0.4 is 4.74 Å². The summed E-state index contributed by atoms with van der Waals surface area (Å²) in [6, 6.07) is 5.22. The van der Waals surface area contributed by atoms with Gasteiger partial charge in [-0.15, -0.1) is 11.8 Å². The highest BCUT2D eigenvalue weighted by atomic mass is 32.2. The van der Waals surface area contributed by atoms with Gasteiger partial charge in [0.1, 0.15) is 11.2 Å². The molecule has 1 rings (SSSR count). The van der Waals surface area contributed by atoms with E-state index in [-0.39, 0.29) is 0 Å². The zero-order valence-electron chi connectivity index (χ0n) is 12.3. The van der Waals surface area contributed by atoms with E-state index in [1.807, 2.05) is 5.40 Å². The van der Waals surface area contributed by atoms with Crippen molar-refractivity contribution in [1.29, 1.82) is 5.26 Å². The Bertz CT molecular complexity index is 501. The zero-order chi connectivity index (χ0) is 16.4. The first-order chi connectivity index (χ1) is 10.4. The van der Waals surface area contributed by atoms with E-state index in [0.717, 1.165) is 42.3 Å². The highest BCUT2D eigenvalue weighted by molar-refractivity contribution is 8.03. The minimum atomic E-state index is -4.17. The molecule has 22 heavy (non-hydrogen) atoms. The predicted molar refractivity (Wildman–Crippen MR) is 85.4 cm³/mol. The van der Waals surface area contributed by atoms with Gasteiger partial charge in [-0.05, 0) is 55.6 Å². The Labute approximate surface area is 137 Å². The summed E-state index contributed by atoms with van der Waals surface area (Å²) in [4.78, 5) is 0.597. The number of hydrogen-bond donors (Lipinski definition) is 0. The van der Waals surface area contributed by atoms with Gasteiger partial charge < -0.3 is 4.74 Å². The van der Waals surface area contributed by atoms with E-state index in [9.17, 15) is 13.2 Å². The van der Waals surface area contributed by atoms with Gasteiger partial charge in [0.05, 0.1) is 12.4 Å². The molecular formula is C15H18F3NOS2. The summed E-state index contributed by atoms with van der Waals surface area (Å²) in [6.45, 7) is 2.32. The maximum Gasteiger partial charge on any atom is 0.398 e. The lowest BCUT2D eigenvalue weighted by Gasteiger charge is -2.11. The minimum Gasteiger partial charge on any atom is -0.494 e. The summed E-state index contributed by atoms with van der Waals surface area (Å²) in [5, 5.41) is 10.4. The van der Waals surface area contributed by atoms with Gasteiger partial charge in [0.25, 0.3) is 0 Å². The molecule has 0 bridgehead atoms. The number of nitrogens with zero attached hydrogens (tertiary/aromatic N) is 1. The Morgan fingerprint density at radius 2 is 2.00 bits per heavy atom. The molecule has 122 valence electrons. The van der Waals surface area contributed by atoms with E-state index in [4.69, 9.17) is 10.00 Å². The van der Waals surface area contributed by atoms with Crippen LogP contribution in [0, 0.1) is 17.6 Å². The van der Waals surface area contributed by atoms with Crippen molar-refractivity contribution >= 4 is 23.5 Å². The molecule has 0 saturated heterocycles. The van der Waals surface area contributed by atoms with Crippen LogP contribution in [0.4, 0.5) is 13.2 Å². The summed E-state index contributed by atoms with van der Waals surface area (Å²) < 4.78 is 42.4. The molecule has 1 aromatic carbocycles. The lowest BCUT2D eigenvalue weighted by atomic mass is 10.2. The SMILES string of the molecule is Cc1ccc(OCCCCCSC#N)cc1SCC(F)(F)F. The minimum absolute atomic E-state index is 0.531. The van der Waals surface area contributed by atoms with Gasteiger partial charge in [-0.25, -0.2) is 0 Å². The fraction of sp³-hybridized carbons (Fsp3) is 0.533. The molecule has 0 aliphatic heterocycles. The molecule has 0 saturated carbocycles. The molecule has 0 aliphatic rings. The Hall–Kier alpha value is -1.000. The van der Waals surface area contributed by atoms with Crippen LogP contribution in [0.1, 0.15) is 24.8 Å². The van der Waals surface area contributed by atoms with Gasteiger partial charge in [-0.1, -0.05) is 6.07 Å². The van der Waals surface area contributed by atoms with Crippen LogP contribution in [0.15, 0.2) is 23.1 Å². The van der Waals surface area contributed by atoms with Crippen molar-refractivity contribution in [2.75, 3.05) is 18.1 Å². The second kappa shape index (κ2) is 9.90. The molecular weight excluding hydrogens is 331 g/mol. The monoisotopic (exact) mass is 349 g/mol. The Kier molecular flexibility index (Phi) is 8.57. The van der Waals surface area contributed by atoms with E-state index < -0.39 is 11.9 Å². The topological polar surface area (TPSA) is 33.0 Å². The number of ether oxygens (including phenoxy) is 1. The third-order valence-electron chi connectivity index (χ3n) is 2.77. The largest absolute Gasteiger partial charge is 0.494 e. The highest BCUT2D eigenvalue weighted by Gasteiger charge is 2.27. The average Bonchev–Trinajstić information content (AvgIpc) is 2.45. The third kappa shape index (κ3) is 8.44. The molecule has 0 fully saturated rings. The molecule has 0 heterocycles. The molecule has 0 amide bonds. The molecule has 2 nitrogen and oxygen atoms in total. The van der Waals surface area contributed by atoms with Crippen LogP contribution in [-0.4, -0.2) is 24.3 Å². The number of aryl methyl sites for hydroxylation is 1. The molecule has 1 aromatic rings. The second-order valence-corrected chi connectivity index (χ2v) is 6.58.